The van der Waals surface area contributed by atoms with Crippen LogP contribution in [-0.4, -0.2) is 91.8 Å². The minimum absolute atomic E-state index is 0. The molecule has 0 bridgehead atoms. The summed E-state index contributed by atoms with van der Waals surface area (Å²) >= 11 is 0. The standard InChI is InChI=1S/C32H38F3N3O3.2ClH/c1-22-19-37(20-23(2)41-22)11-10-36-12-13-38(31(39)27-16-28(32(33,34)35)18-30(17-27)40-3)29(21-36)15-24-8-9-25-6-4-5-7-26(25)14-24;;/h4-9,14,16-18,22-23,29H,10-13,15,19-21H2,1-3H3;2*1H/t22-,23+,29-;;/m1../s1. The summed E-state index contributed by atoms with van der Waals surface area (Å²) in [5, 5.41) is 2.26. The van der Waals surface area contributed by atoms with E-state index in [1.54, 1.807) is 4.90 Å². The van der Waals surface area contributed by atoms with Crippen LogP contribution in [0.4, 0.5) is 13.2 Å². The van der Waals surface area contributed by atoms with E-state index in [1.165, 1.54) is 13.2 Å². The van der Waals surface area contributed by atoms with Crippen molar-refractivity contribution < 1.29 is 27.4 Å². The van der Waals surface area contributed by atoms with Crippen LogP contribution in [0.3, 0.4) is 0 Å². The Bertz CT molecular complexity index is 1370. The highest BCUT2D eigenvalue weighted by Crippen LogP contribution is 2.33. The number of piperazine rings is 1. The topological polar surface area (TPSA) is 45.2 Å². The minimum atomic E-state index is -4.58. The lowest BCUT2D eigenvalue weighted by Crippen LogP contribution is -2.57. The van der Waals surface area contributed by atoms with E-state index >= 15 is 0 Å². The van der Waals surface area contributed by atoms with Crippen molar-refractivity contribution in [2.45, 2.75) is 44.7 Å². The summed E-state index contributed by atoms with van der Waals surface area (Å²) in [7, 11) is 1.31. The molecule has 3 aromatic carbocycles. The van der Waals surface area contributed by atoms with E-state index in [4.69, 9.17) is 9.47 Å². The van der Waals surface area contributed by atoms with Crippen LogP contribution in [0, 0.1) is 0 Å². The average molecular weight is 643 g/mol. The van der Waals surface area contributed by atoms with Gasteiger partial charge in [0.15, 0.2) is 0 Å². The van der Waals surface area contributed by atoms with Crippen LogP contribution < -0.4 is 4.74 Å². The molecule has 0 aromatic heterocycles. The smallest absolute Gasteiger partial charge is 0.416 e. The van der Waals surface area contributed by atoms with Gasteiger partial charge in [-0.15, -0.1) is 24.8 Å². The first kappa shape index (κ1) is 34.9. The van der Waals surface area contributed by atoms with Gasteiger partial charge >= 0.3 is 6.18 Å². The van der Waals surface area contributed by atoms with E-state index in [2.05, 4.69) is 54.0 Å². The molecule has 0 radical (unpaired) electrons. The van der Waals surface area contributed by atoms with Gasteiger partial charge in [-0.05, 0) is 54.8 Å². The largest absolute Gasteiger partial charge is 0.497 e. The first-order valence-electron chi connectivity index (χ1n) is 14.2. The highest BCUT2D eigenvalue weighted by atomic mass is 35.5. The van der Waals surface area contributed by atoms with Crippen molar-refractivity contribution in [1.82, 2.24) is 14.7 Å². The number of nitrogens with zero attached hydrogens (tertiary/aromatic N) is 3. The molecule has 2 aliphatic rings. The molecular weight excluding hydrogens is 602 g/mol. The van der Waals surface area contributed by atoms with Crippen molar-refractivity contribution in [3.05, 3.63) is 77.4 Å². The van der Waals surface area contributed by atoms with Gasteiger partial charge in [0.05, 0.1) is 24.9 Å². The molecule has 1 amide bonds. The van der Waals surface area contributed by atoms with E-state index in [0.717, 1.165) is 54.6 Å². The zero-order chi connectivity index (χ0) is 29.1. The van der Waals surface area contributed by atoms with Gasteiger partial charge in [-0.2, -0.15) is 13.2 Å². The molecule has 6 nitrogen and oxygen atoms in total. The highest BCUT2D eigenvalue weighted by Gasteiger charge is 2.35. The van der Waals surface area contributed by atoms with E-state index < -0.39 is 17.6 Å². The fourth-order valence-corrected chi connectivity index (χ4v) is 6.12. The fourth-order valence-electron chi connectivity index (χ4n) is 6.12. The van der Waals surface area contributed by atoms with Crippen LogP contribution in [0.5, 0.6) is 5.75 Å². The van der Waals surface area contributed by atoms with E-state index in [0.29, 0.717) is 26.1 Å². The normalized spacial score (nSPS) is 21.6. The number of hydrogen-bond acceptors (Lipinski definition) is 5. The number of halogens is 5. The second kappa shape index (κ2) is 14.9. The summed E-state index contributed by atoms with van der Waals surface area (Å²) in [6, 6.07) is 17.5. The molecule has 0 saturated carbocycles. The zero-order valence-corrected chi connectivity index (χ0v) is 26.3. The molecule has 43 heavy (non-hydrogen) atoms. The summed E-state index contributed by atoms with van der Waals surface area (Å²) in [5.41, 5.74) is 0.189. The molecule has 0 aliphatic carbocycles. The van der Waals surface area contributed by atoms with Gasteiger partial charge in [0.25, 0.3) is 5.91 Å². The maximum absolute atomic E-state index is 13.8. The lowest BCUT2D eigenvalue weighted by Gasteiger charge is -2.43. The van der Waals surface area contributed by atoms with Gasteiger partial charge in [-0.1, -0.05) is 42.5 Å². The summed E-state index contributed by atoms with van der Waals surface area (Å²) in [4.78, 5) is 20.3. The number of methoxy groups -OCH3 is 1. The third-order valence-corrected chi connectivity index (χ3v) is 8.06. The number of morpholine rings is 1. The van der Waals surface area contributed by atoms with Crippen molar-refractivity contribution in [2.75, 3.05) is 52.9 Å². The lowest BCUT2D eigenvalue weighted by molar-refractivity contribution is -0.137. The Kier molecular flexibility index (Phi) is 12.1. The molecular formula is C32H40Cl2F3N3O3. The quantitative estimate of drug-likeness (QED) is 0.308. The van der Waals surface area contributed by atoms with Gasteiger partial charge < -0.3 is 14.4 Å². The lowest BCUT2D eigenvalue weighted by atomic mass is 9.98. The molecule has 0 unspecified atom stereocenters. The maximum Gasteiger partial charge on any atom is 0.416 e. The number of benzene rings is 3. The van der Waals surface area contributed by atoms with Crippen LogP contribution in [0.25, 0.3) is 10.8 Å². The number of carbonyl (C=O) groups excluding carboxylic acids is 1. The molecule has 2 saturated heterocycles. The Balaban J connectivity index is 0.00000253. The third-order valence-electron chi connectivity index (χ3n) is 8.06. The first-order valence-corrected chi connectivity index (χ1v) is 14.2. The van der Waals surface area contributed by atoms with Gasteiger partial charge in [0.1, 0.15) is 5.75 Å². The Labute approximate surface area is 263 Å². The number of carbonyl (C=O) groups is 1. The Morgan fingerprint density at radius 1 is 0.884 bits per heavy atom. The summed E-state index contributed by atoms with van der Waals surface area (Å²) in [6.45, 7) is 9.46. The second-order valence-electron chi connectivity index (χ2n) is 11.3. The van der Waals surface area contributed by atoms with Crippen LogP contribution in [0.2, 0.25) is 0 Å². The van der Waals surface area contributed by atoms with Gasteiger partial charge in [0.2, 0.25) is 0 Å². The van der Waals surface area contributed by atoms with E-state index in [1.807, 2.05) is 12.1 Å². The van der Waals surface area contributed by atoms with Gasteiger partial charge in [0, 0.05) is 57.4 Å². The molecule has 236 valence electrons. The van der Waals surface area contributed by atoms with Crippen LogP contribution in [-0.2, 0) is 17.3 Å². The Hall–Kier alpha value is -2.56. The Morgan fingerprint density at radius 2 is 1.56 bits per heavy atom. The fraction of sp³-hybridized carbons (Fsp3) is 0.469. The number of alkyl halides is 3. The average Bonchev–Trinajstić information content (AvgIpc) is 2.94. The van der Waals surface area contributed by atoms with Crippen molar-refractivity contribution >= 4 is 41.5 Å². The minimum Gasteiger partial charge on any atom is -0.497 e. The number of rotatable bonds is 7. The Morgan fingerprint density at radius 3 is 2.23 bits per heavy atom. The predicted octanol–water partition coefficient (Wildman–Crippen LogP) is 6.19. The number of amides is 1. The summed E-state index contributed by atoms with van der Waals surface area (Å²) < 4.78 is 51.9. The van der Waals surface area contributed by atoms with Crippen molar-refractivity contribution in [2.24, 2.45) is 0 Å². The molecule has 11 heteroatoms. The molecule has 2 heterocycles. The predicted molar refractivity (Wildman–Crippen MR) is 168 cm³/mol. The molecule has 3 atom stereocenters. The first-order chi connectivity index (χ1) is 19.6. The summed E-state index contributed by atoms with van der Waals surface area (Å²) in [5.74, 6) is -0.391. The van der Waals surface area contributed by atoms with Crippen LogP contribution in [0.1, 0.15) is 35.3 Å². The third kappa shape index (κ3) is 8.76. The summed E-state index contributed by atoms with van der Waals surface area (Å²) in [6.07, 6.45) is -3.59. The molecule has 2 fully saturated rings. The second-order valence-corrected chi connectivity index (χ2v) is 11.3. The van der Waals surface area contributed by atoms with Crippen molar-refractivity contribution in [3.63, 3.8) is 0 Å². The van der Waals surface area contributed by atoms with Crippen molar-refractivity contribution in [1.29, 1.82) is 0 Å². The molecule has 3 aromatic rings. The molecule has 5 rings (SSSR count). The van der Waals surface area contributed by atoms with E-state index in [-0.39, 0.29) is 54.4 Å². The molecule has 2 aliphatic heterocycles. The zero-order valence-electron chi connectivity index (χ0n) is 24.7. The number of fused-ring (bicyclic) bond motifs is 1. The van der Waals surface area contributed by atoms with E-state index in [9.17, 15) is 18.0 Å². The highest BCUT2D eigenvalue weighted by molar-refractivity contribution is 5.95. The van der Waals surface area contributed by atoms with Crippen molar-refractivity contribution in [3.8, 4) is 5.75 Å². The van der Waals surface area contributed by atoms with Gasteiger partial charge in [-0.3, -0.25) is 14.6 Å². The van der Waals surface area contributed by atoms with Crippen LogP contribution in [0.15, 0.2) is 60.7 Å². The maximum atomic E-state index is 13.8. The van der Waals surface area contributed by atoms with Gasteiger partial charge in [-0.25, -0.2) is 0 Å². The van der Waals surface area contributed by atoms with Crippen LogP contribution >= 0.6 is 24.8 Å². The monoisotopic (exact) mass is 641 g/mol. The number of ether oxygens (including phenoxy) is 2. The molecule has 0 spiro atoms. The number of hydrogen-bond donors (Lipinski definition) is 0. The molecule has 0 N–H and O–H groups in total. The SMILES string of the molecule is COc1cc(C(=O)N2CCN(CCN3C[C@@H](C)O[C@@H](C)C3)C[C@H]2Cc2ccc3ccccc3c2)cc(C(F)(F)F)c1.Cl.Cl.